The van der Waals surface area contributed by atoms with Crippen molar-refractivity contribution in [3.05, 3.63) is 49.6 Å². The fourth-order valence-electron chi connectivity index (χ4n) is 1.77. The largest absolute Gasteiger partial charge is 0.496 e. The molecule has 0 amide bonds. The van der Waals surface area contributed by atoms with Crippen molar-refractivity contribution in [1.82, 2.24) is 0 Å². The van der Waals surface area contributed by atoms with Gasteiger partial charge in [0.05, 0.1) is 22.0 Å². The summed E-state index contributed by atoms with van der Waals surface area (Å²) in [4.78, 5) is 1.09. The highest BCUT2D eigenvalue weighted by Gasteiger charge is 2.18. The molecule has 18 heavy (non-hydrogen) atoms. The second-order valence-corrected chi connectivity index (χ2v) is 6.74. The lowest BCUT2D eigenvalue weighted by Crippen LogP contribution is -2.04. The SMILES string of the molecule is COc1cccc(Cl)c1C(O)Cc1ccc(Br)s1. The zero-order valence-electron chi connectivity index (χ0n) is 9.69. The summed E-state index contributed by atoms with van der Waals surface area (Å²) in [5.74, 6) is 0.616. The van der Waals surface area contributed by atoms with Crippen LogP contribution in [0, 0.1) is 0 Å². The summed E-state index contributed by atoms with van der Waals surface area (Å²) in [6, 6.07) is 9.32. The molecule has 1 N–H and O–H groups in total. The van der Waals surface area contributed by atoms with Crippen LogP contribution in [0.2, 0.25) is 5.02 Å². The van der Waals surface area contributed by atoms with Crippen LogP contribution in [0.25, 0.3) is 0 Å². The van der Waals surface area contributed by atoms with Crippen LogP contribution >= 0.6 is 38.9 Å². The van der Waals surface area contributed by atoms with Gasteiger partial charge in [-0.05, 0) is 40.2 Å². The summed E-state index contributed by atoms with van der Waals surface area (Å²) >= 11 is 11.1. The van der Waals surface area contributed by atoms with Crippen molar-refractivity contribution in [3.63, 3.8) is 0 Å². The first-order valence-electron chi connectivity index (χ1n) is 5.36. The quantitative estimate of drug-likeness (QED) is 0.885. The van der Waals surface area contributed by atoms with E-state index in [1.54, 1.807) is 36.6 Å². The number of ether oxygens (including phenoxy) is 1. The monoisotopic (exact) mass is 346 g/mol. The number of thiophene rings is 1. The molecule has 1 aromatic carbocycles. The molecule has 0 aliphatic rings. The van der Waals surface area contributed by atoms with E-state index in [9.17, 15) is 5.11 Å². The maximum absolute atomic E-state index is 10.3. The van der Waals surface area contributed by atoms with Crippen molar-refractivity contribution >= 4 is 38.9 Å². The molecule has 1 heterocycles. The first kappa shape index (κ1) is 13.9. The minimum atomic E-state index is -0.667. The van der Waals surface area contributed by atoms with Gasteiger partial charge in [0.1, 0.15) is 5.75 Å². The van der Waals surface area contributed by atoms with Crippen molar-refractivity contribution in [2.45, 2.75) is 12.5 Å². The van der Waals surface area contributed by atoms with Gasteiger partial charge in [0.15, 0.2) is 0 Å². The van der Waals surface area contributed by atoms with E-state index < -0.39 is 6.10 Å². The number of methoxy groups -OCH3 is 1. The summed E-state index contributed by atoms with van der Waals surface area (Å²) in [7, 11) is 1.57. The number of benzene rings is 1. The molecule has 1 aromatic heterocycles. The first-order chi connectivity index (χ1) is 8.61. The minimum Gasteiger partial charge on any atom is -0.496 e. The van der Waals surface area contributed by atoms with Gasteiger partial charge in [-0.15, -0.1) is 11.3 Å². The lowest BCUT2D eigenvalue weighted by molar-refractivity contribution is 0.175. The summed E-state index contributed by atoms with van der Waals surface area (Å²) < 4.78 is 6.29. The highest BCUT2D eigenvalue weighted by Crippen LogP contribution is 2.35. The van der Waals surface area contributed by atoms with Crippen LogP contribution in [0.15, 0.2) is 34.1 Å². The van der Waals surface area contributed by atoms with Crippen LogP contribution in [0.3, 0.4) is 0 Å². The second-order valence-electron chi connectivity index (χ2n) is 3.78. The predicted molar refractivity (Wildman–Crippen MR) is 78.7 cm³/mol. The van der Waals surface area contributed by atoms with E-state index in [0.29, 0.717) is 22.8 Å². The Morgan fingerprint density at radius 2 is 2.17 bits per heavy atom. The van der Waals surface area contributed by atoms with Gasteiger partial charge in [-0.2, -0.15) is 0 Å². The van der Waals surface area contributed by atoms with Crippen molar-refractivity contribution in [1.29, 1.82) is 0 Å². The van der Waals surface area contributed by atoms with Gasteiger partial charge >= 0.3 is 0 Å². The summed E-state index contributed by atoms with van der Waals surface area (Å²) in [5.41, 5.74) is 0.645. The third-order valence-corrected chi connectivity index (χ3v) is 4.56. The Labute approximate surface area is 123 Å². The molecule has 1 unspecified atom stereocenters. The predicted octanol–water partition coefficient (Wildman–Crippen LogP) is 4.45. The number of aliphatic hydroxyl groups excluding tert-OH is 1. The van der Waals surface area contributed by atoms with E-state index in [4.69, 9.17) is 16.3 Å². The van der Waals surface area contributed by atoms with Gasteiger partial charge in [0.2, 0.25) is 0 Å². The highest BCUT2D eigenvalue weighted by atomic mass is 79.9. The zero-order valence-corrected chi connectivity index (χ0v) is 12.8. The van der Waals surface area contributed by atoms with E-state index >= 15 is 0 Å². The Kier molecular flexibility index (Phi) is 4.67. The minimum absolute atomic E-state index is 0.524. The smallest absolute Gasteiger partial charge is 0.126 e. The van der Waals surface area contributed by atoms with Crippen molar-refractivity contribution in [2.24, 2.45) is 0 Å². The number of hydrogen-bond acceptors (Lipinski definition) is 3. The zero-order chi connectivity index (χ0) is 13.1. The van der Waals surface area contributed by atoms with Crippen LogP contribution in [0.4, 0.5) is 0 Å². The van der Waals surface area contributed by atoms with E-state index in [1.807, 2.05) is 12.1 Å². The van der Waals surface area contributed by atoms with Gasteiger partial charge in [-0.25, -0.2) is 0 Å². The van der Waals surface area contributed by atoms with Crippen LogP contribution in [-0.4, -0.2) is 12.2 Å². The molecule has 2 aromatic rings. The van der Waals surface area contributed by atoms with Crippen LogP contribution < -0.4 is 4.74 Å². The van der Waals surface area contributed by atoms with Crippen molar-refractivity contribution in [2.75, 3.05) is 7.11 Å². The summed E-state index contributed by atoms with van der Waals surface area (Å²) in [5, 5.41) is 10.8. The molecule has 2 rings (SSSR count). The maximum Gasteiger partial charge on any atom is 0.126 e. The van der Waals surface area contributed by atoms with Gasteiger partial charge in [-0.1, -0.05) is 17.7 Å². The standard InChI is InChI=1S/C13H12BrClO2S/c1-17-11-4-2-3-9(15)13(11)10(16)7-8-5-6-12(14)18-8/h2-6,10,16H,7H2,1H3. The number of hydrogen-bond donors (Lipinski definition) is 1. The molecule has 0 saturated heterocycles. The van der Waals surface area contributed by atoms with E-state index in [-0.39, 0.29) is 0 Å². The Hall–Kier alpha value is -0.550. The van der Waals surface area contributed by atoms with Gasteiger partial charge < -0.3 is 9.84 Å². The van der Waals surface area contributed by atoms with Crippen molar-refractivity contribution in [3.8, 4) is 5.75 Å². The molecule has 0 spiro atoms. The number of aliphatic hydroxyl groups is 1. The topological polar surface area (TPSA) is 29.5 Å². The molecule has 2 nitrogen and oxygen atoms in total. The third kappa shape index (κ3) is 3.06. The summed E-state index contributed by atoms with van der Waals surface area (Å²) in [6.07, 6.45) is -0.143. The van der Waals surface area contributed by atoms with Gasteiger partial charge in [0, 0.05) is 16.9 Å². The number of rotatable bonds is 4. The molecular formula is C13H12BrClO2S. The number of halogens is 2. The van der Waals surface area contributed by atoms with Gasteiger partial charge in [-0.3, -0.25) is 0 Å². The first-order valence-corrected chi connectivity index (χ1v) is 7.35. The molecule has 0 aliphatic carbocycles. The molecule has 0 saturated carbocycles. The van der Waals surface area contributed by atoms with Gasteiger partial charge in [0.25, 0.3) is 0 Å². The van der Waals surface area contributed by atoms with Crippen LogP contribution in [-0.2, 0) is 6.42 Å². The van der Waals surface area contributed by atoms with E-state index in [2.05, 4.69) is 15.9 Å². The Morgan fingerprint density at radius 1 is 1.39 bits per heavy atom. The average Bonchev–Trinajstić information content (AvgIpc) is 2.74. The molecule has 0 fully saturated rings. The lowest BCUT2D eigenvalue weighted by Gasteiger charge is -2.15. The Bertz CT molecular complexity index is 542. The molecule has 0 radical (unpaired) electrons. The van der Waals surface area contributed by atoms with E-state index in [0.717, 1.165) is 8.66 Å². The average molecular weight is 348 g/mol. The highest BCUT2D eigenvalue weighted by molar-refractivity contribution is 9.11. The fourth-order valence-corrected chi connectivity index (χ4v) is 3.58. The normalized spacial score (nSPS) is 12.4. The Morgan fingerprint density at radius 3 is 2.78 bits per heavy atom. The Balaban J connectivity index is 2.25. The molecule has 96 valence electrons. The second kappa shape index (κ2) is 6.06. The molecule has 0 aliphatic heterocycles. The van der Waals surface area contributed by atoms with Crippen LogP contribution in [0.5, 0.6) is 5.75 Å². The molecular weight excluding hydrogens is 336 g/mol. The fraction of sp³-hybridized carbons (Fsp3) is 0.231. The van der Waals surface area contributed by atoms with Crippen molar-refractivity contribution < 1.29 is 9.84 Å². The molecule has 1 atom stereocenters. The summed E-state index contributed by atoms with van der Waals surface area (Å²) in [6.45, 7) is 0. The maximum atomic E-state index is 10.3. The third-order valence-electron chi connectivity index (χ3n) is 2.59. The van der Waals surface area contributed by atoms with E-state index in [1.165, 1.54) is 0 Å². The molecule has 0 bridgehead atoms. The van der Waals surface area contributed by atoms with Crippen LogP contribution in [0.1, 0.15) is 16.5 Å². The lowest BCUT2D eigenvalue weighted by atomic mass is 10.0. The molecule has 5 heteroatoms.